The third-order valence-electron chi connectivity index (χ3n) is 8.85. The van der Waals surface area contributed by atoms with Gasteiger partial charge in [-0.05, 0) is 44.2 Å². The second-order valence-corrected chi connectivity index (χ2v) is 11.5. The zero-order chi connectivity index (χ0) is 29.9. The summed E-state index contributed by atoms with van der Waals surface area (Å²) in [4.78, 5) is 29.8. The molecule has 2 aromatic heterocycles. The molecule has 226 valence electrons. The third kappa shape index (κ3) is 6.16. The number of likely N-dealkylation sites (N-methyl/N-ethyl adjacent to an activating group) is 1. The highest BCUT2D eigenvalue weighted by Crippen LogP contribution is 2.32. The molecule has 4 aromatic rings. The van der Waals surface area contributed by atoms with Crippen molar-refractivity contribution in [1.29, 1.82) is 0 Å². The number of ether oxygens (including phenoxy) is 2. The summed E-state index contributed by atoms with van der Waals surface area (Å²) in [5.41, 5.74) is 4.96. The molecule has 0 amide bonds. The number of anilines is 3. The molecule has 43 heavy (non-hydrogen) atoms. The molecule has 2 fully saturated rings. The van der Waals surface area contributed by atoms with Crippen molar-refractivity contribution < 1.29 is 14.3 Å². The van der Waals surface area contributed by atoms with E-state index in [4.69, 9.17) is 19.4 Å². The second-order valence-electron chi connectivity index (χ2n) is 11.5. The van der Waals surface area contributed by atoms with Gasteiger partial charge in [0.15, 0.2) is 5.82 Å². The highest BCUT2D eigenvalue weighted by atomic mass is 16.5. The fourth-order valence-corrected chi connectivity index (χ4v) is 6.34. The lowest BCUT2D eigenvalue weighted by atomic mass is 10.0. The van der Waals surface area contributed by atoms with E-state index in [0.717, 1.165) is 48.5 Å². The number of esters is 1. The molecule has 0 bridgehead atoms. The fourth-order valence-electron chi connectivity index (χ4n) is 6.34. The number of methoxy groups -OCH3 is 2. The summed E-state index contributed by atoms with van der Waals surface area (Å²) in [5.74, 6) is 1.72. The maximum Gasteiger partial charge on any atom is 0.339 e. The Bertz CT molecular complexity index is 1590. The lowest BCUT2D eigenvalue weighted by Gasteiger charge is -2.42. The van der Waals surface area contributed by atoms with Crippen LogP contribution >= 0.6 is 0 Å². The molecule has 0 radical (unpaired) electrons. The van der Waals surface area contributed by atoms with E-state index in [9.17, 15) is 4.79 Å². The summed E-state index contributed by atoms with van der Waals surface area (Å²) in [6.07, 6.45) is 4.84. The quantitative estimate of drug-likeness (QED) is 0.305. The Morgan fingerprint density at radius 3 is 2.47 bits per heavy atom. The van der Waals surface area contributed by atoms with E-state index in [-0.39, 0.29) is 0 Å². The number of rotatable bonds is 8. The number of nitrogens with zero attached hydrogens (tertiary/aromatic N) is 6. The zero-order valence-electron chi connectivity index (χ0n) is 25.5. The van der Waals surface area contributed by atoms with Crippen molar-refractivity contribution in [3.8, 4) is 5.75 Å². The largest absolute Gasteiger partial charge is 0.496 e. The SMILES string of the molecule is COC(=O)c1ccccc1Nc1nc(Cc2ccc(N3CCC(N4CCN(C)CC4)CC3)cc2OC)nc2ccn(C)c12. The Kier molecular flexibility index (Phi) is 8.49. The minimum absolute atomic E-state index is 0.408. The summed E-state index contributed by atoms with van der Waals surface area (Å²) in [6, 6.07) is 16.4. The number of piperazine rings is 1. The summed E-state index contributed by atoms with van der Waals surface area (Å²) in [5, 5.41) is 3.38. The number of nitrogens with one attached hydrogen (secondary N) is 1. The maximum atomic E-state index is 12.4. The normalized spacial score (nSPS) is 16.9. The van der Waals surface area contributed by atoms with Crippen molar-refractivity contribution in [1.82, 2.24) is 24.3 Å². The van der Waals surface area contributed by atoms with Gasteiger partial charge in [-0.15, -0.1) is 0 Å². The minimum atomic E-state index is -0.408. The van der Waals surface area contributed by atoms with Gasteiger partial charge in [0.25, 0.3) is 0 Å². The van der Waals surface area contributed by atoms with Crippen LogP contribution in [0.25, 0.3) is 11.0 Å². The molecule has 10 heteroatoms. The van der Waals surface area contributed by atoms with Crippen molar-refractivity contribution in [3.05, 3.63) is 71.7 Å². The van der Waals surface area contributed by atoms with E-state index in [2.05, 4.69) is 45.3 Å². The summed E-state index contributed by atoms with van der Waals surface area (Å²) >= 11 is 0. The van der Waals surface area contributed by atoms with Crippen LogP contribution in [0, 0.1) is 0 Å². The Morgan fingerprint density at radius 2 is 1.72 bits per heavy atom. The number of hydrogen-bond acceptors (Lipinski definition) is 9. The van der Waals surface area contributed by atoms with Crippen molar-refractivity contribution in [3.63, 3.8) is 0 Å². The Balaban J connectivity index is 1.21. The molecule has 2 aromatic carbocycles. The summed E-state index contributed by atoms with van der Waals surface area (Å²) < 4.78 is 12.8. The fraction of sp³-hybridized carbons (Fsp3) is 0.424. The lowest BCUT2D eigenvalue weighted by Crippen LogP contribution is -2.52. The van der Waals surface area contributed by atoms with E-state index in [1.165, 1.54) is 38.7 Å². The van der Waals surface area contributed by atoms with E-state index in [1.54, 1.807) is 13.2 Å². The standard InChI is InChI=1S/C33H41N7O3/c1-37-17-19-40(20-18-37)24-11-15-39(16-12-24)25-10-9-23(29(22-25)42-3)21-30-34-28-13-14-38(2)31(28)32(36-30)35-27-8-6-5-7-26(27)33(41)43-4/h5-10,13-14,22,24H,11-12,15-21H2,1-4H3,(H,34,35,36). The van der Waals surface area contributed by atoms with Crippen LogP contribution in [0.2, 0.25) is 0 Å². The van der Waals surface area contributed by atoms with Crippen LogP contribution in [0.1, 0.15) is 34.6 Å². The number of aromatic nitrogens is 3. The number of carbonyl (C=O) groups excluding carboxylic acids is 1. The van der Waals surface area contributed by atoms with Crippen LogP contribution in [-0.2, 0) is 18.2 Å². The highest BCUT2D eigenvalue weighted by Gasteiger charge is 2.27. The molecule has 2 aliphatic heterocycles. The first-order valence-electron chi connectivity index (χ1n) is 15.0. The number of carbonyl (C=O) groups is 1. The van der Waals surface area contributed by atoms with Gasteiger partial charge in [0.2, 0.25) is 0 Å². The van der Waals surface area contributed by atoms with Crippen molar-refractivity contribution in [2.75, 3.05) is 70.8 Å². The van der Waals surface area contributed by atoms with E-state index in [0.29, 0.717) is 35.4 Å². The van der Waals surface area contributed by atoms with Crippen LogP contribution in [0.3, 0.4) is 0 Å². The molecular weight excluding hydrogens is 542 g/mol. The zero-order valence-corrected chi connectivity index (χ0v) is 25.5. The molecule has 0 unspecified atom stereocenters. The van der Waals surface area contributed by atoms with Crippen LogP contribution in [0.15, 0.2) is 54.7 Å². The molecule has 10 nitrogen and oxygen atoms in total. The Labute approximate surface area is 253 Å². The van der Waals surface area contributed by atoms with E-state index < -0.39 is 5.97 Å². The third-order valence-corrected chi connectivity index (χ3v) is 8.85. The lowest BCUT2D eigenvalue weighted by molar-refractivity contribution is 0.0602. The predicted molar refractivity (Wildman–Crippen MR) is 170 cm³/mol. The minimum Gasteiger partial charge on any atom is -0.496 e. The van der Waals surface area contributed by atoms with Crippen LogP contribution < -0.4 is 15.0 Å². The average molecular weight is 584 g/mol. The summed E-state index contributed by atoms with van der Waals surface area (Å²) in [6.45, 7) is 6.78. The molecule has 0 saturated carbocycles. The molecule has 2 saturated heterocycles. The molecule has 0 atom stereocenters. The number of piperidine rings is 1. The topological polar surface area (TPSA) is 88.0 Å². The van der Waals surface area contributed by atoms with Crippen molar-refractivity contribution >= 4 is 34.2 Å². The molecule has 0 aliphatic carbocycles. The number of aryl methyl sites for hydroxylation is 1. The van der Waals surface area contributed by atoms with Crippen LogP contribution in [-0.4, -0.2) is 96.9 Å². The number of benzene rings is 2. The Hall–Kier alpha value is -4.15. The van der Waals surface area contributed by atoms with Gasteiger partial charge in [0.05, 0.1) is 31.0 Å². The van der Waals surface area contributed by atoms with Gasteiger partial charge < -0.3 is 29.2 Å². The first-order chi connectivity index (χ1) is 20.9. The van der Waals surface area contributed by atoms with Crippen molar-refractivity contribution in [2.24, 2.45) is 7.05 Å². The van der Waals surface area contributed by atoms with Crippen molar-refractivity contribution in [2.45, 2.75) is 25.3 Å². The first-order valence-corrected chi connectivity index (χ1v) is 15.0. The smallest absolute Gasteiger partial charge is 0.339 e. The first kappa shape index (κ1) is 28.9. The van der Waals surface area contributed by atoms with Gasteiger partial charge in [-0.2, -0.15) is 0 Å². The van der Waals surface area contributed by atoms with Gasteiger partial charge in [-0.25, -0.2) is 14.8 Å². The molecule has 6 rings (SSSR count). The monoisotopic (exact) mass is 583 g/mol. The molecule has 2 aliphatic rings. The molecule has 4 heterocycles. The number of fused-ring (bicyclic) bond motifs is 1. The van der Waals surface area contributed by atoms with Crippen LogP contribution in [0.4, 0.5) is 17.2 Å². The Morgan fingerprint density at radius 1 is 0.953 bits per heavy atom. The van der Waals surface area contributed by atoms with E-state index in [1.807, 2.05) is 42.1 Å². The van der Waals surface area contributed by atoms with Gasteiger partial charge >= 0.3 is 5.97 Å². The van der Waals surface area contributed by atoms with E-state index >= 15 is 0 Å². The predicted octanol–water partition coefficient (Wildman–Crippen LogP) is 4.31. The number of hydrogen-bond donors (Lipinski definition) is 1. The number of para-hydroxylation sites is 1. The molecular formula is C33H41N7O3. The van der Waals surface area contributed by atoms with Gasteiger partial charge in [0, 0.05) is 82.3 Å². The average Bonchev–Trinajstić information content (AvgIpc) is 3.42. The van der Waals surface area contributed by atoms with Gasteiger partial charge in [-0.3, -0.25) is 4.90 Å². The second kappa shape index (κ2) is 12.6. The molecule has 1 N–H and O–H groups in total. The molecule has 0 spiro atoms. The highest BCUT2D eigenvalue weighted by molar-refractivity contribution is 5.98. The van der Waals surface area contributed by atoms with Gasteiger partial charge in [-0.1, -0.05) is 18.2 Å². The summed E-state index contributed by atoms with van der Waals surface area (Å²) in [7, 11) is 7.27. The maximum absolute atomic E-state index is 12.4. The van der Waals surface area contributed by atoms with Gasteiger partial charge in [0.1, 0.15) is 17.1 Å². The van der Waals surface area contributed by atoms with Crippen LogP contribution in [0.5, 0.6) is 5.75 Å².